The second kappa shape index (κ2) is 8.42. The molecular weight excluding hydrogens is 336 g/mol. The van der Waals surface area contributed by atoms with E-state index in [1.54, 1.807) is 0 Å². The molecule has 0 saturated carbocycles. The van der Waals surface area contributed by atoms with Gasteiger partial charge in [0.05, 0.1) is 0 Å². The summed E-state index contributed by atoms with van der Waals surface area (Å²) in [6, 6.07) is 16.2. The Morgan fingerprint density at radius 1 is 1.07 bits per heavy atom. The topological polar surface area (TPSA) is 57.3 Å². The lowest BCUT2D eigenvalue weighted by Gasteiger charge is -2.22. The second-order valence-electron chi connectivity index (χ2n) is 7.78. The summed E-state index contributed by atoms with van der Waals surface area (Å²) >= 11 is 0. The third-order valence-corrected chi connectivity index (χ3v) is 4.27. The number of aliphatic hydroxyl groups is 1. The third-order valence-electron chi connectivity index (χ3n) is 4.27. The average molecular weight is 364 g/mol. The molecule has 27 heavy (non-hydrogen) atoms. The van der Waals surface area contributed by atoms with E-state index in [-0.39, 0.29) is 12.1 Å². The van der Waals surface area contributed by atoms with Gasteiger partial charge in [-0.2, -0.15) is 0 Å². The number of ether oxygens (including phenoxy) is 1. The lowest BCUT2D eigenvalue weighted by molar-refractivity contribution is 0.100. The Bertz CT molecular complexity index is 889. The Morgan fingerprint density at radius 3 is 2.59 bits per heavy atom. The van der Waals surface area contributed by atoms with E-state index in [0.717, 1.165) is 16.8 Å². The number of benzene rings is 2. The van der Waals surface area contributed by atoms with Crippen molar-refractivity contribution < 1.29 is 9.84 Å². The molecule has 0 aliphatic carbocycles. The monoisotopic (exact) mass is 364 g/mol. The van der Waals surface area contributed by atoms with E-state index in [1.807, 2.05) is 30.5 Å². The molecule has 0 aliphatic heterocycles. The van der Waals surface area contributed by atoms with Crippen LogP contribution in [0.1, 0.15) is 31.9 Å². The van der Waals surface area contributed by atoms with Crippen LogP contribution in [0.25, 0.3) is 23.1 Å². The standard InChI is InChI=1S/C23H28N2O2/c1-23(2,3)25-15-19(26)16-27-20-11-8-17(9-12-20)7-10-18-5-4-6-22-21(18)13-14-24-22/h4-14,19,24-26H,15-16H2,1-3H3. The Balaban J connectivity index is 1.55. The predicted molar refractivity (Wildman–Crippen MR) is 113 cm³/mol. The summed E-state index contributed by atoms with van der Waals surface area (Å²) in [5.41, 5.74) is 3.41. The first-order chi connectivity index (χ1) is 12.9. The zero-order valence-electron chi connectivity index (χ0n) is 16.2. The molecule has 0 saturated heterocycles. The second-order valence-corrected chi connectivity index (χ2v) is 7.78. The van der Waals surface area contributed by atoms with E-state index in [4.69, 9.17) is 4.74 Å². The smallest absolute Gasteiger partial charge is 0.119 e. The van der Waals surface area contributed by atoms with Crippen LogP contribution in [-0.4, -0.2) is 34.9 Å². The number of β-amino-alcohol motifs (C(OH)–C–C–N with tert-alkyl or cyclic N) is 1. The van der Waals surface area contributed by atoms with Crippen molar-refractivity contribution in [3.05, 3.63) is 65.9 Å². The predicted octanol–water partition coefficient (Wildman–Crippen LogP) is 4.47. The van der Waals surface area contributed by atoms with Gasteiger partial charge in [0.15, 0.2) is 0 Å². The molecule has 0 fully saturated rings. The van der Waals surface area contributed by atoms with Crippen LogP contribution in [0.3, 0.4) is 0 Å². The Kier molecular flexibility index (Phi) is 5.99. The molecule has 1 aromatic heterocycles. The van der Waals surface area contributed by atoms with Gasteiger partial charge < -0.3 is 20.1 Å². The number of rotatable bonds is 7. The summed E-state index contributed by atoms with van der Waals surface area (Å²) in [4.78, 5) is 3.23. The summed E-state index contributed by atoms with van der Waals surface area (Å²) < 4.78 is 5.68. The Labute approximate surface area is 160 Å². The van der Waals surface area contributed by atoms with Gasteiger partial charge in [0.1, 0.15) is 18.5 Å². The number of nitrogens with one attached hydrogen (secondary N) is 2. The van der Waals surface area contributed by atoms with Crippen molar-refractivity contribution in [2.75, 3.05) is 13.2 Å². The van der Waals surface area contributed by atoms with Gasteiger partial charge in [-0.25, -0.2) is 0 Å². The van der Waals surface area contributed by atoms with Crippen LogP contribution in [0, 0.1) is 0 Å². The van der Waals surface area contributed by atoms with E-state index in [2.05, 4.69) is 67.5 Å². The van der Waals surface area contributed by atoms with E-state index in [9.17, 15) is 5.11 Å². The molecule has 1 atom stereocenters. The number of aromatic amines is 1. The highest BCUT2D eigenvalue weighted by Crippen LogP contribution is 2.20. The number of H-pyrrole nitrogens is 1. The SMILES string of the molecule is CC(C)(C)NCC(O)COc1ccc(C=Cc2cccc3[nH]ccc23)cc1. The molecule has 3 N–H and O–H groups in total. The van der Waals surface area contributed by atoms with Crippen LogP contribution in [0.5, 0.6) is 5.75 Å². The molecule has 4 heteroatoms. The van der Waals surface area contributed by atoms with Crippen molar-refractivity contribution in [1.82, 2.24) is 10.3 Å². The number of hydrogen-bond acceptors (Lipinski definition) is 3. The molecule has 1 unspecified atom stereocenters. The minimum absolute atomic E-state index is 0.0142. The molecule has 2 aromatic carbocycles. The minimum Gasteiger partial charge on any atom is -0.491 e. The number of aliphatic hydroxyl groups excluding tert-OH is 1. The highest BCUT2D eigenvalue weighted by atomic mass is 16.5. The van der Waals surface area contributed by atoms with Crippen molar-refractivity contribution >= 4 is 23.1 Å². The molecular formula is C23H28N2O2. The van der Waals surface area contributed by atoms with Gasteiger partial charge >= 0.3 is 0 Å². The highest BCUT2D eigenvalue weighted by molar-refractivity contribution is 5.91. The quantitative estimate of drug-likeness (QED) is 0.542. The van der Waals surface area contributed by atoms with E-state index < -0.39 is 6.10 Å². The van der Waals surface area contributed by atoms with Gasteiger partial charge in [-0.05, 0) is 56.2 Å². The third kappa shape index (κ3) is 5.71. The van der Waals surface area contributed by atoms with Crippen LogP contribution in [0.2, 0.25) is 0 Å². The maximum Gasteiger partial charge on any atom is 0.119 e. The van der Waals surface area contributed by atoms with Crippen LogP contribution in [0.15, 0.2) is 54.7 Å². The number of fused-ring (bicyclic) bond motifs is 1. The molecule has 0 amide bonds. The summed E-state index contributed by atoms with van der Waals surface area (Å²) in [5.74, 6) is 0.759. The number of aromatic nitrogens is 1. The summed E-state index contributed by atoms with van der Waals surface area (Å²) in [5, 5.41) is 14.5. The largest absolute Gasteiger partial charge is 0.491 e. The number of hydrogen-bond donors (Lipinski definition) is 3. The highest BCUT2D eigenvalue weighted by Gasteiger charge is 2.12. The fourth-order valence-electron chi connectivity index (χ4n) is 2.79. The normalized spacial score (nSPS) is 13.3. The zero-order valence-corrected chi connectivity index (χ0v) is 16.2. The fraction of sp³-hybridized carbons (Fsp3) is 0.304. The van der Waals surface area contributed by atoms with Crippen molar-refractivity contribution in [3.63, 3.8) is 0 Å². The molecule has 0 aliphatic rings. The van der Waals surface area contributed by atoms with Crippen LogP contribution >= 0.6 is 0 Å². The van der Waals surface area contributed by atoms with Crippen molar-refractivity contribution in [1.29, 1.82) is 0 Å². The molecule has 142 valence electrons. The van der Waals surface area contributed by atoms with Crippen molar-refractivity contribution in [2.24, 2.45) is 0 Å². The first-order valence-corrected chi connectivity index (χ1v) is 9.31. The summed E-state index contributed by atoms with van der Waals surface area (Å²) in [6.45, 7) is 7.00. The minimum atomic E-state index is -0.536. The summed E-state index contributed by atoms with van der Waals surface area (Å²) in [7, 11) is 0. The van der Waals surface area contributed by atoms with Gasteiger partial charge in [0, 0.05) is 29.2 Å². The molecule has 3 aromatic rings. The molecule has 0 spiro atoms. The lowest BCUT2D eigenvalue weighted by atomic mass is 10.1. The van der Waals surface area contributed by atoms with Gasteiger partial charge in [-0.1, -0.05) is 36.4 Å². The molecule has 0 bridgehead atoms. The Hall–Kier alpha value is -2.56. The Morgan fingerprint density at radius 2 is 1.85 bits per heavy atom. The molecule has 3 rings (SSSR count). The lowest BCUT2D eigenvalue weighted by Crippen LogP contribution is -2.42. The van der Waals surface area contributed by atoms with Crippen LogP contribution in [0.4, 0.5) is 0 Å². The van der Waals surface area contributed by atoms with Crippen LogP contribution < -0.4 is 10.1 Å². The van der Waals surface area contributed by atoms with Crippen molar-refractivity contribution in [3.8, 4) is 5.75 Å². The molecule has 4 nitrogen and oxygen atoms in total. The van der Waals surface area contributed by atoms with Crippen molar-refractivity contribution in [2.45, 2.75) is 32.4 Å². The molecule has 1 heterocycles. The first-order valence-electron chi connectivity index (χ1n) is 9.31. The van der Waals surface area contributed by atoms with E-state index in [0.29, 0.717) is 6.54 Å². The van der Waals surface area contributed by atoms with Gasteiger partial charge in [-0.3, -0.25) is 0 Å². The van der Waals surface area contributed by atoms with Gasteiger partial charge in [-0.15, -0.1) is 0 Å². The van der Waals surface area contributed by atoms with E-state index in [1.165, 1.54) is 10.9 Å². The van der Waals surface area contributed by atoms with Gasteiger partial charge in [0.2, 0.25) is 0 Å². The van der Waals surface area contributed by atoms with E-state index >= 15 is 0 Å². The zero-order chi connectivity index (χ0) is 19.3. The average Bonchev–Trinajstić information content (AvgIpc) is 3.12. The molecule has 0 radical (unpaired) electrons. The van der Waals surface area contributed by atoms with Gasteiger partial charge in [0.25, 0.3) is 0 Å². The summed E-state index contributed by atoms with van der Waals surface area (Å²) in [6.07, 6.45) is 5.63. The maximum absolute atomic E-state index is 10.0. The fourth-order valence-corrected chi connectivity index (χ4v) is 2.79. The first kappa shape index (κ1) is 19.2. The maximum atomic E-state index is 10.0. The van der Waals surface area contributed by atoms with Crippen LogP contribution in [-0.2, 0) is 0 Å².